The molecule has 3 aromatic heterocycles. The Kier molecular flexibility index (Phi) is 8.34. The fourth-order valence-corrected chi connectivity index (χ4v) is 7.83. The van der Waals surface area contributed by atoms with Crippen molar-refractivity contribution < 1.29 is 46.5 Å². The van der Waals surface area contributed by atoms with Crippen molar-refractivity contribution in [1.82, 2.24) is 24.5 Å². The van der Waals surface area contributed by atoms with E-state index in [1.807, 2.05) is 0 Å². The number of amides is 1. The molecule has 0 aromatic carbocycles. The predicted octanol–water partition coefficient (Wildman–Crippen LogP) is 1.81. The second-order valence-electron chi connectivity index (χ2n) is 9.88. The summed E-state index contributed by atoms with van der Waals surface area (Å²) in [7, 11) is 0. The van der Waals surface area contributed by atoms with Crippen LogP contribution in [0.2, 0.25) is 0 Å². The molecular formula is C23H25FN6O9P2S2. The average molecular weight is 675 g/mol. The number of halogens is 1. The number of rotatable bonds is 3. The molecule has 4 N–H and O–H groups in total. The Balaban J connectivity index is 1.30. The molecule has 0 aliphatic carbocycles. The first-order valence-electron chi connectivity index (χ1n) is 12.7. The van der Waals surface area contributed by atoms with Gasteiger partial charge in [-0.2, -0.15) is 0 Å². The summed E-state index contributed by atoms with van der Waals surface area (Å²) in [6, 6.07) is 2.95. The third-order valence-electron chi connectivity index (χ3n) is 7.11. The summed E-state index contributed by atoms with van der Waals surface area (Å²) < 4.78 is 52.1. The van der Waals surface area contributed by atoms with Gasteiger partial charge in [-0.3, -0.25) is 23.4 Å². The Hall–Kier alpha value is -2.18. The van der Waals surface area contributed by atoms with Crippen LogP contribution in [-0.2, 0) is 51.2 Å². The highest BCUT2D eigenvalue weighted by Crippen LogP contribution is 2.55. The number of primary amides is 1. The Labute approximate surface area is 253 Å². The van der Waals surface area contributed by atoms with Crippen molar-refractivity contribution in [3.05, 3.63) is 60.1 Å². The number of alkyl halides is 1. The smallest absolute Gasteiger partial charge is 0.325 e. The molecule has 43 heavy (non-hydrogen) atoms. The highest BCUT2D eigenvalue weighted by molar-refractivity contribution is 8.07. The molecule has 0 radical (unpaired) electrons. The van der Waals surface area contributed by atoms with Crippen molar-refractivity contribution in [2.45, 2.75) is 49.8 Å². The van der Waals surface area contributed by atoms with Crippen LogP contribution in [0.15, 0.2) is 43.1 Å². The van der Waals surface area contributed by atoms with E-state index in [9.17, 15) is 14.6 Å². The zero-order valence-corrected chi connectivity index (χ0v) is 25.6. The van der Waals surface area contributed by atoms with Crippen LogP contribution in [0.1, 0.15) is 34.1 Å². The minimum absolute atomic E-state index is 0.0365. The number of nitrogens with two attached hydrogens (primary N) is 1. The van der Waals surface area contributed by atoms with Gasteiger partial charge < -0.3 is 34.0 Å². The molecule has 3 saturated heterocycles. The van der Waals surface area contributed by atoms with Crippen LogP contribution in [-0.4, -0.2) is 84.0 Å². The standard InChI is InChI=1S/C23H25FN6O9P2S2/c1-10-14-6-34-41(33,43)39-20-15(37-23(16(20)24)30-9-29-17-11(2)27-8-28-22(17)30)7-35-40(32,42)38-18(10)19(36-14)12-3-4-26-13(5-12)21(25)31/h3-5,8-9,14-16,18-20,23H,1,6-7H2,2H3,(H2,25,31)(H,32,42)(H,33,43)/t14-,15-,16-,18-,19+,20-,23-,40?,41?/m1/s1. The summed E-state index contributed by atoms with van der Waals surface area (Å²) in [6.07, 6.45) is -4.97. The number of carbonyl (C=O) groups excluding carboxylic acids is 1. The summed E-state index contributed by atoms with van der Waals surface area (Å²) in [5, 5.41) is 0. The number of aryl methyl sites for hydroxylation is 1. The van der Waals surface area contributed by atoms with Crippen LogP contribution < -0.4 is 5.73 Å². The van der Waals surface area contributed by atoms with Crippen molar-refractivity contribution in [2.75, 3.05) is 13.2 Å². The zero-order chi connectivity index (χ0) is 30.7. The number of nitrogens with zero attached hydrogens (tertiary/aromatic N) is 5. The van der Waals surface area contributed by atoms with Crippen molar-refractivity contribution in [1.29, 1.82) is 0 Å². The number of pyridine rings is 1. The average Bonchev–Trinajstić information content (AvgIpc) is 3.61. The van der Waals surface area contributed by atoms with Gasteiger partial charge in [0.15, 0.2) is 18.0 Å². The normalized spacial score (nSPS) is 36.9. The van der Waals surface area contributed by atoms with E-state index < -0.39 is 68.9 Å². The van der Waals surface area contributed by atoms with Gasteiger partial charge in [0, 0.05) is 6.20 Å². The summed E-state index contributed by atoms with van der Waals surface area (Å²) in [5.74, 6) is -0.770. The minimum Gasteiger partial charge on any atom is -0.364 e. The maximum absolute atomic E-state index is 16.0. The molecule has 1 amide bonds. The topological polar surface area (TPSA) is 195 Å². The first kappa shape index (κ1) is 30.8. The van der Waals surface area contributed by atoms with Gasteiger partial charge in [0.1, 0.15) is 48.1 Å². The van der Waals surface area contributed by atoms with Crippen LogP contribution in [0.4, 0.5) is 4.39 Å². The van der Waals surface area contributed by atoms with Crippen molar-refractivity contribution >= 4 is 54.1 Å². The number of hydrogen-bond acceptors (Lipinski definition) is 13. The Bertz CT molecular complexity index is 1700. The lowest BCUT2D eigenvalue weighted by Crippen LogP contribution is -2.34. The van der Waals surface area contributed by atoms with Gasteiger partial charge in [-0.05, 0) is 53.8 Å². The van der Waals surface area contributed by atoms with E-state index >= 15 is 4.39 Å². The van der Waals surface area contributed by atoms with Gasteiger partial charge >= 0.3 is 13.4 Å². The largest absolute Gasteiger partial charge is 0.364 e. The van der Waals surface area contributed by atoms with E-state index in [0.717, 1.165) is 0 Å². The summed E-state index contributed by atoms with van der Waals surface area (Å²) in [6.45, 7) is -3.37. The molecule has 9 atom stereocenters. The Morgan fingerprint density at radius 3 is 2.63 bits per heavy atom. The third-order valence-corrected chi connectivity index (χ3v) is 10.2. The molecule has 230 valence electrons. The van der Waals surface area contributed by atoms with Gasteiger partial charge in [0.2, 0.25) is 0 Å². The molecule has 20 heteroatoms. The molecule has 3 fully saturated rings. The Morgan fingerprint density at radius 2 is 1.86 bits per heavy atom. The van der Waals surface area contributed by atoms with Gasteiger partial charge in [0.25, 0.3) is 5.91 Å². The summed E-state index contributed by atoms with van der Waals surface area (Å²) in [4.78, 5) is 50.2. The number of imidazole rings is 1. The van der Waals surface area contributed by atoms with E-state index in [2.05, 4.69) is 26.5 Å². The fraction of sp³-hybridized carbons (Fsp3) is 0.435. The lowest BCUT2D eigenvalue weighted by molar-refractivity contribution is -0.0485. The van der Waals surface area contributed by atoms with E-state index in [1.165, 1.54) is 29.5 Å². The lowest BCUT2D eigenvalue weighted by Gasteiger charge is -2.27. The first-order chi connectivity index (χ1) is 20.3. The van der Waals surface area contributed by atoms with Crippen molar-refractivity contribution in [2.24, 2.45) is 5.73 Å². The zero-order valence-electron chi connectivity index (χ0n) is 22.2. The van der Waals surface area contributed by atoms with E-state index in [-0.39, 0.29) is 17.9 Å². The molecule has 15 nitrogen and oxygen atoms in total. The highest BCUT2D eigenvalue weighted by atomic mass is 32.5. The van der Waals surface area contributed by atoms with E-state index in [0.29, 0.717) is 22.4 Å². The number of hydrogen-bond donors (Lipinski definition) is 3. The molecule has 0 spiro atoms. The molecule has 6 rings (SSSR count). The van der Waals surface area contributed by atoms with Gasteiger partial charge in [-0.15, -0.1) is 0 Å². The van der Waals surface area contributed by atoms with Gasteiger partial charge in [0.05, 0.1) is 25.2 Å². The number of aromatic nitrogens is 5. The molecule has 0 saturated carbocycles. The first-order valence-corrected chi connectivity index (χ1v) is 17.9. The highest BCUT2D eigenvalue weighted by Gasteiger charge is 2.51. The second-order valence-corrected chi connectivity index (χ2v) is 15.5. The SMILES string of the molecule is C=C1[C@H]2OP(O)(=S)OC[C@H]3O[C@@H](n4cnc5c(C)ncnc54)[C@H](F)[C@@H]3OP(O)(=S)OC[C@H]1O[C@H]2c1ccnc(C(N)=O)c1. The van der Waals surface area contributed by atoms with Crippen LogP contribution >= 0.6 is 13.4 Å². The summed E-state index contributed by atoms with van der Waals surface area (Å²) in [5.41, 5.74) is 7.34. The number of carbonyl (C=O) groups is 1. The molecule has 6 heterocycles. The summed E-state index contributed by atoms with van der Waals surface area (Å²) >= 11 is 10.5. The van der Waals surface area contributed by atoms with Crippen LogP contribution in [0.5, 0.6) is 0 Å². The maximum atomic E-state index is 16.0. The monoisotopic (exact) mass is 674 g/mol. The number of fused-ring (bicyclic) bond motifs is 4. The van der Waals surface area contributed by atoms with E-state index in [4.69, 9.17) is 56.9 Å². The molecular weight excluding hydrogens is 649 g/mol. The van der Waals surface area contributed by atoms with Gasteiger partial charge in [-0.1, -0.05) is 6.58 Å². The Morgan fingerprint density at radius 1 is 1.12 bits per heavy atom. The molecule has 3 aliphatic heterocycles. The predicted molar refractivity (Wildman–Crippen MR) is 153 cm³/mol. The van der Waals surface area contributed by atoms with Crippen molar-refractivity contribution in [3.63, 3.8) is 0 Å². The van der Waals surface area contributed by atoms with Crippen LogP contribution in [0.25, 0.3) is 11.2 Å². The minimum atomic E-state index is -4.13. The maximum Gasteiger partial charge on any atom is 0.325 e. The molecule has 3 aromatic rings. The lowest BCUT2D eigenvalue weighted by atomic mass is 10.0. The van der Waals surface area contributed by atoms with E-state index in [1.54, 1.807) is 13.0 Å². The van der Waals surface area contributed by atoms with Crippen LogP contribution in [0.3, 0.4) is 0 Å². The quantitative estimate of drug-likeness (QED) is 0.269. The van der Waals surface area contributed by atoms with Gasteiger partial charge in [-0.25, -0.2) is 19.3 Å². The second kappa shape index (κ2) is 11.6. The molecule has 3 aliphatic rings. The van der Waals surface area contributed by atoms with Crippen molar-refractivity contribution in [3.8, 4) is 0 Å². The molecule has 2 bridgehead atoms. The number of ether oxygens (including phenoxy) is 2. The molecule has 2 unspecified atom stereocenters. The third kappa shape index (κ3) is 6.08. The fourth-order valence-electron chi connectivity index (χ4n) is 5.02. The van der Waals surface area contributed by atoms with Crippen LogP contribution in [0, 0.1) is 6.92 Å².